The molecule has 96 valence electrons. The van der Waals surface area contributed by atoms with E-state index in [0.717, 1.165) is 11.3 Å². The molecule has 0 spiro atoms. The number of benzene rings is 1. The molecular formula is C13H15FN2O2. The molecule has 1 heterocycles. The summed E-state index contributed by atoms with van der Waals surface area (Å²) in [6.45, 7) is 2.59. The van der Waals surface area contributed by atoms with Gasteiger partial charge in [0.1, 0.15) is 6.26 Å². The van der Waals surface area contributed by atoms with Gasteiger partial charge in [-0.25, -0.2) is 4.39 Å². The Morgan fingerprint density at radius 1 is 1.44 bits per heavy atom. The minimum absolute atomic E-state index is 0.0659. The van der Waals surface area contributed by atoms with Gasteiger partial charge in [0.25, 0.3) is 0 Å². The molecule has 1 aromatic heterocycles. The quantitative estimate of drug-likeness (QED) is 0.886. The minimum Gasteiger partial charge on any atom is -0.494 e. The normalized spacial score (nSPS) is 12.4. The molecule has 4 nitrogen and oxygen atoms in total. The molecule has 0 aliphatic rings. The lowest BCUT2D eigenvalue weighted by Gasteiger charge is -2.14. The number of hydrogen-bond donors (Lipinski definition) is 1. The first-order valence-electron chi connectivity index (χ1n) is 5.67. The molecule has 1 unspecified atom stereocenters. The first kappa shape index (κ1) is 12.6. The largest absolute Gasteiger partial charge is 0.494 e. The first-order chi connectivity index (χ1) is 8.70. The van der Waals surface area contributed by atoms with E-state index in [9.17, 15) is 4.39 Å². The molecule has 2 aromatic rings. The van der Waals surface area contributed by atoms with Crippen molar-refractivity contribution in [3.05, 3.63) is 47.6 Å². The van der Waals surface area contributed by atoms with Gasteiger partial charge in [-0.3, -0.25) is 0 Å². The topological polar surface area (TPSA) is 47.3 Å². The van der Waals surface area contributed by atoms with Gasteiger partial charge in [-0.15, -0.1) is 0 Å². The molecule has 0 aliphatic carbocycles. The van der Waals surface area contributed by atoms with Gasteiger partial charge in [0, 0.05) is 18.7 Å². The first-order valence-corrected chi connectivity index (χ1v) is 5.67. The number of methoxy groups -OCH3 is 1. The molecule has 0 bridgehead atoms. The van der Waals surface area contributed by atoms with E-state index in [2.05, 4.69) is 10.5 Å². The molecule has 0 radical (unpaired) electrons. The zero-order valence-electron chi connectivity index (χ0n) is 10.3. The summed E-state index contributed by atoms with van der Waals surface area (Å²) in [5.41, 5.74) is 1.78. The van der Waals surface area contributed by atoms with E-state index in [1.807, 2.05) is 6.92 Å². The zero-order valence-corrected chi connectivity index (χ0v) is 10.3. The van der Waals surface area contributed by atoms with Crippen LogP contribution >= 0.6 is 0 Å². The number of rotatable bonds is 5. The van der Waals surface area contributed by atoms with Gasteiger partial charge in [0.05, 0.1) is 12.8 Å². The molecule has 0 fully saturated rings. The van der Waals surface area contributed by atoms with E-state index >= 15 is 0 Å². The van der Waals surface area contributed by atoms with Gasteiger partial charge >= 0.3 is 0 Å². The molecule has 0 amide bonds. The average Bonchev–Trinajstić information content (AvgIpc) is 2.89. The van der Waals surface area contributed by atoms with Crippen LogP contribution in [0.1, 0.15) is 24.2 Å². The summed E-state index contributed by atoms with van der Waals surface area (Å²) in [6, 6.07) is 6.69. The van der Waals surface area contributed by atoms with Crippen LogP contribution in [0.3, 0.4) is 0 Å². The molecule has 18 heavy (non-hydrogen) atoms. The van der Waals surface area contributed by atoms with Crippen molar-refractivity contribution in [2.75, 3.05) is 7.11 Å². The standard InChI is InChI=1S/C13H15FN2O2/c1-9(15-8-11-5-6-18-16-11)10-3-4-12(14)13(7-10)17-2/h3-7,9,15H,8H2,1-2H3. The van der Waals surface area contributed by atoms with Gasteiger partial charge in [0.15, 0.2) is 11.6 Å². The summed E-state index contributed by atoms with van der Waals surface area (Å²) in [5.74, 6) is -0.104. The van der Waals surface area contributed by atoms with Crippen LogP contribution in [0.2, 0.25) is 0 Å². The summed E-state index contributed by atoms with van der Waals surface area (Å²) < 4.78 is 23.0. The van der Waals surface area contributed by atoms with Gasteiger partial charge < -0.3 is 14.6 Å². The molecule has 1 N–H and O–H groups in total. The molecule has 0 aliphatic heterocycles. The maximum absolute atomic E-state index is 13.3. The summed E-state index contributed by atoms with van der Waals surface area (Å²) in [4.78, 5) is 0. The molecule has 0 saturated heterocycles. The van der Waals surface area contributed by atoms with E-state index in [4.69, 9.17) is 9.26 Å². The van der Waals surface area contributed by atoms with E-state index in [0.29, 0.717) is 6.54 Å². The fraction of sp³-hybridized carbons (Fsp3) is 0.308. The van der Waals surface area contributed by atoms with Crippen molar-refractivity contribution < 1.29 is 13.7 Å². The maximum Gasteiger partial charge on any atom is 0.165 e. The van der Waals surface area contributed by atoms with Gasteiger partial charge in [-0.2, -0.15) is 0 Å². The van der Waals surface area contributed by atoms with Crippen LogP contribution in [-0.4, -0.2) is 12.3 Å². The van der Waals surface area contributed by atoms with Gasteiger partial charge in [-0.05, 0) is 24.6 Å². The van der Waals surface area contributed by atoms with Crippen molar-refractivity contribution in [3.63, 3.8) is 0 Å². The number of nitrogens with zero attached hydrogens (tertiary/aromatic N) is 1. The van der Waals surface area contributed by atoms with Crippen molar-refractivity contribution in [1.29, 1.82) is 0 Å². The fourth-order valence-electron chi connectivity index (χ4n) is 1.65. The van der Waals surface area contributed by atoms with Crippen molar-refractivity contribution in [2.24, 2.45) is 0 Å². The summed E-state index contributed by atoms with van der Waals surface area (Å²) in [6.07, 6.45) is 1.53. The Kier molecular flexibility index (Phi) is 3.94. The molecule has 1 atom stereocenters. The second-order valence-corrected chi connectivity index (χ2v) is 3.99. The summed E-state index contributed by atoms with van der Waals surface area (Å²) >= 11 is 0. The van der Waals surface area contributed by atoms with Crippen LogP contribution in [0.4, 0.5) is 4.39 Å². The van der Waals surface area contributed by atoms with Gasteiger partial charge in [-0.1, -0.05) is 11.2 Å². The highest BCUT2D eigenvalue weighted by atomic mass is 19.1. The maximum atomic E-state index is 13.3. The van der Waals surface area contributed by atoms with Crippen molar-refractivity contribution >= 4 is 0 Å². The fourth-order valence-corrected chi connectivity index (χ4v) is 1.65. The third-order valence-corrected chi connectivity index (χ3v) is 2.76. The third kappa shape index (κ3) is 2.87. The second kappa shape index (κ2) is 5.64. The van der Waals surface area contributed by atoms with Crippen molar-refractivity contribution in [1.82, 2.24) is 10.5 Å². The predicted octanol–water partition coefficient (Wildman–Crippen LogP) is 2.67. The SMILES string of the molecule is COc1cc(C(C)NCc2ccon2)ccc1F. The zero-order chi connectivity index (χ0) is 13.0. The molecule has 1 aromatic carbocycles. The highest BCUT2D eigenvalue weighted by molar-refractivity contribution is 5.31. The van der Waals surface area contributed by atoms with E-state index in [1.54, 1.807) is 18.2 Å². The van der Waals surface area contributed by atoms with Crippen LogP contribution in [0.5, 0.6) is 5.75 Å². The lowest BCUT2D eigenvalue weighted by Crippen LogP contribution is -2.18. The lowest BCUT2D eigenvalue weighted by molar-refractivity contribution is 0.384. The monoisotopic (exact) mass is 250 g/mol. The Morgan fingerprint density at radius 2 is 2.28 bits per heavy atom. The Balaban J connectivity index is 2.02. The minimum atomic E-state index is -0.357. The number of ether oxygens (including phenoxy) is 1. The van der Waals surface area contributed by atoms with Crippen LogP contribution in [0, 0.1) is 5.82 Å². The predicted molar refractivity (Wildman–Crippen MR) is 64.7 cm³/mol. The summed E-state index contributed by atoms with van der Waals surface area (Å²) in [5, 5.41) is 7.08. The molecule has 5 heteroatoms. The van der Waals surface area contributed by atoms with Crippen LogP contribution in [0.15, 0.2) is 35.1 Å². The van der Waals surface area contributed by atoms with E-state index in [-0.39, 0.29) is 17.6 Å². The molecular weight excluding hydrogens is 235 g/mol. The highest BCUT2D eigenvalue weighted by Crippen LogP contribution is 2.22. The number of nitrogens with one attached hydrogen (secondary N) is 1. The van der Waals surface area contributed by atoms with E-state index < -0.39 is 0 Å². The van der Waals surface area contributed by atoms with Crippen LogP contribution < -0.4 is 10.1 Å². The summed E-state index contributed by atoms with van der Waals surface area (Å²) in [7, 11) is 1.45. The Bertz CT molecular complexity index is 500. The Morgan fingerprint density at radius 3 is 2.94 bits per heavy atom. The van der Waals surface area contributed by atoms with Crippen molar-refractivity contribution in [2.45, 2.75) is 19.5 Å². The number of aromatic nitrogens is 1. The third-order valence-electron chi connectivity index (χ3n) is 2.76. The number of halogens is 1. The van der Waals surface area contributed by atoms with Crippen LogP contribution in [-0.2, 0) is 6.54 Å². The second-order valence-electron chi connectivity index (χ2n) is 3.99. The smallest absolute Gasteiger partial charge is 0.165 e. The number of hydrogen-bond acceptors (Lipinski definition) is 4. The highest BCUT2D eigenvalue weighted by Gasteiger charge is 2.09. The van der Waals surface area contributed by atoms with Gasteiger partial charge in [0.2, 0.25) is 0 Å². The Hall–Kier alpha value is -1.88. The van der Waals surface area contributed by atoms with E-state index in [1.165, 1.54) is 19.4 Å². The Labute approximate surface area is 105 Å². The average molecular weight is 250 g/mol. The molecule has 2 rings (SSSR count). The molecule has 0 saturated carbocycles. The lowest BCUT2D eigenvalue weighted by atomic mass is 10.1. The van der Waals surface area contributed by atoms with Crippen molar-refractivity contribution in [3.8, 4) is 5.75 Å². The van der Waals surface area contributed by atoms with Crippen LogP contribution in [0.25, 0.3) is 0 Å².